The van der Waals surface area contributed by atoms with Crippen molar-refractivity contribution in [3.05, 3.63) is 47.7 Å². The van der Waals surface area contributed by atoms with Gasteiger partial charge in [0.05, 0.1) is 5.69 Å². The van der Waals surface area contributed by atoms with Gasteiger partial charge >= 0.3 is 0 Å². The van der Waals surface area contributed by atoms with Gasteiger partial charge in [-0.05, 0) is 30.5 Å². The molecule has 1 aromatic heterocycles. The fourth-order valence-electron chi connectivity index (χ4n) is 2.28. The van der Waals surface area contributed by atoms with E-state index >= 15 is 0 Å². The van der Waals surface area contributed by atoms with E-state index in [4.69, 9.17) is 10.5 Å². The molecule has 0 bridgehead atoms. The first-order valence-corrected chi connectivity index (χ1v) is 6.54. The minimum absolute atomic E-state index is 0.195. The molecule has 0 spiro atoms. The van der Waals surface area contributed by atoms with Crippen LogP contribution in [0.5, 0.6) is 11.6 Å². The fraction of sp³-hybridized carbons (Fsp3) is 0.200. The van der Waals surface area contributed by atoms with Gasteiger partial charge in [-0.15, -0.1) is 0 Å². The summed E-state index contributed by atoms with van der Waals surface area (Å²) in [6, 6.07) is 10.9. The molecule has 0 aliphatic carbocycles. The first kappa shape index (κ1) is 12.5. The van der Waals surface area contributed by atoms with Crippen LogP contribution in [0.4, 0.5) is 5.69 Å². The number of ether oxygens (including phenoxy) is 1. The highest BCUT2D eigenvalue weighted by Gasteiger charge is 2.14. The Morgan fingerprint density at radius 2 is 2.10 bits per heavy atom. The zero-order valence-corrected chi connectivity index (χ0v) is 10.9. The molecule has 1 amide bonds. The minimum Gasteiger partial charge on any atom is -0.437 e. The highest BCUT2D eigenvalue weighted by molar-refractivity contribution is 5.90. The smallest absolute Gasteiger partial charge is 0.267 e. The van der Waals surface area contributed by atoms with Crippen LogP contribution in [-0.4, -0.2) is 17.4 Å². The predicted octanol–water partition coefficient (Wildman–Crippen LogP) is 2.33. The largest absolute Gasteiger partial charge is 0.437 e. The summed E-state index contributed by atoms with van der Waals surface area (Å²) in [5.74, 6) is 0.516. The molecule has 20 heavy (non-hydrogen) atoms. The minimum atomic E-state index is -0.566. The summed E-state index contributed by atoms with van der Waals surface area (Å²) in [6.45, 7) is 0.933. The van der Waals surface area contributed by atoms with Crippen molar-refractivity contribution in [2.45, 2.75) is 12.8 Å². The number of rotatable bonds is 3. The number of nitrogens with two attached hydrogens (primary N) is 1. The van der Waals surface area contributed by atoms with Gasteiger partial charge in [0.1, 0.15) is 5.69 Å². The van der Waals surface area contributed by atoms with E-state index in [9.17, 15) is 4.79 Å². The van der Waals surface area contributed by atoms with Gasteiger partial charge in [-0.3, -0.25) is 4.79 Å². The van der Waals surface area contributed by atoms with Crippen LogP contribution in [0.15, 0.2) is 36.4 Å². The monoisotopic (exact) mass is 269 g/mol. The second kappa shape index (κ2) is 5.21. The number of nitrogens with one attached hydrogen (secondary N) is 1. The number of pyridine rings is 1. The van der Waals surface area contributed by atoms with Crippen molar-refractivity contribution in [3.8, 4) is 11.6 Å². The molecular weight excluding hydrogens is 254 g/mol. The lowest BCUT2D eigenvalue weighted by Gasteiger charge is -2.20. The number of aromatic nitrogens is 1. The van der Waals surface area contributed by atoms with Gasteiger partial charge in [-0.2, -0.15) is 0 Å². The van der Waals surface area contributed by atoms with Crippen molar-refractivity contribution in [2.75, 3.05) is 11.9 Å². The van der Waals surface area contributed by atoms with Gasteiger partial charge in [0.2, 0.25) is 5.88 Å². The number of aryl methyl sites for hydroxylation is 1. The summed E-state index contributed by atoms with van der Waals surface area (Å²) in [5, 5.41) is 3.34. The molecule has 0 radical (unpaired) electrons. The summed E-state index contributed by atoms with van der Waals surface area (Å²) < 4.78 is 5.79. The lowest BCUT2D eigenvalue weighted by atomic mass is 10.0. The Kier molecular flexibility index (Phi) is 3.25. The lowest BCUT2D eigenvalue weighted by molar-refractivity contribution is 0.0995. The number of fused-ring (bicyclic) bond motifs is 1. The van der Waals surface area contributed by atoms with Gasteiger partial charge in [0.15, 0.2) is 5.75 Å². The van der Waals surface area contributed by atoms with Gasteiger partial charge in [-0.1, -0.05) is 18.2 Å². The van der Waals surface area contributed by atoms with Crippen molar-refractivity contribution in [1.29, 1.82) is 0 Å². The van der Waals surface area contributed by atoms with E-state index in [0.29, 0.717) is 5.88 Å². The molecule has 1 aliphatic heterocycles. The number of hydrogen-bond acceptors (Lipinski definition) is 4. The summed E-state index contributed by atoms with van der Waals surface area (Å²) in [5.41, 5.74) is 7.65. The fourth-order valence-corrected chi connectivity index (χ4v) is 2.28. The molecule has 5 heteroatoms. The van der Waals surface area contributed by atoms with Gasteiger partial charge in [0.25, 0.3) is 5.91 Å². The number of carbonyl (C=O) groups excluding carboxylic acids is 1. The molecule has 5 nitrogen and oxygen atoms in total. The number of amides is 1. The van der Waals surface area contributed by atoms with Crippen molar-refractivity contribution >= 4 is 11.6 Å². The molecule has 2 heterocycles. The van der Waals surface area contributed by atoms with Crippen LogP contribution < -0.4 is 15.8 Å². The van der Waals surface area contributed by atoms with Crippen molar-refractivity contribution in [3.63, 3.8) is 0 Å². The topological polar surface area (TPSA) is 77.2 Å². The third-order valence-electron chi connectivity index (χ3n) is 3.23. The molecule has 2 aromatic rings. The van der Waals surface area contributed by atoms with Crippen LogP contribution in [0.25, 0.3) is 0 Å². The zero-order chi connectivity index (χ0) is 13.9. The van der Waals surface area contributed by atoms with E-state index in [2.05, 4.69) is 16.4 Å². The number of benzene rings is 1. The first-order valence-electron chi connectivity index (χ1n) is 6.54. The van der Waals surface area contributed by atoms with Crippen LogP contribution in [-0.2, 0) is 6.42 Å². The predicted molar refractivity (Wildman–Crippen MR) is 76.1 cm³/mol. The number of anilines is 1. The van der Waals surface area contributed by atoms with Crippen LogP contribution in [0.1, 0.15) is 22.5 Å². The Balaban J connectivity index is 1.91. The maximum atomic E-state index is 11.1. The quantitative estimate of drug-likeness (QED) is 0.896. The van der Waals surface area contributed by atoms with Crippen molar-refractivity contribution < 1.29 is 9.53 Å². The Labute approximate surface area is 116 Å². The van der Waals surface area contributed by atoms with E-state index < -0.39 is 5.91 Å². The normalized spacial score (nSPS) is 13.2. The number of primary amides is 1. The van der Waals surface area contributed by atoms with Crippen molar-refractivity contribution in [2.24, 2.45) is 5.73 Å². The summed E-state index contributed by atoms with van der Waals surface area (Å²) in [6.07, 6.45) is 2.15. The highest BCUT2D eigenvalue weighted by Crippen LogP contribution is 2.34. The highest BCUT2D eigenvalue weighted by atomic mass is 16.5. The van der Waals surface area contributed by atoms with E-state index in [-0.39, 0.29) is 5.69 Å². The average Bonchev–Trinajstić information content (AvgIpc) is 2.48. The molecule has 1 aliphatic rings. The molecule has 3 N–H and O–H groups in total. The molecule has 0 saturated heterocycles. The van der Waals surface area contributed by atoms with E-state index in [1.54, 1.807) is 18.2 Å². The molecular formula is C15H15N3O2. The second-order valence-corrected chi connectivity index (χ2v) is 4.65. The maximum Gasteiger partial charge on any atom is 0.267 e. The van der Waals surface area contributed by atoms with Gasteiger partial charge < -0.3 is 15.8 Å². The molecule has 0 saturated carbocycles. The Morgan fingerprint density at radius 3 is 2.95 bits per heavy atom. The lowest BCUT2D eigenvalue weighted by Crippen LogP contribution is -2.14. The number of para-hydroxylation sites is 1. The van der Waals surface area contributed by atoms with Crippen LogP contribution >= 0.6 is 0 Å². The average molecular weight is 269 g/mol. The first-order chi connectivity index (χ1) is 9.74. The molecule has 0 unspecified atom stereocenters. The van der Waals surface area contributed by atoms with Crippen LogP contribution in [0.3, 0.4) is 0 Å². The summed E-state index contributed by atoms with van der Waals surface area (Å²) in [7, 11) is 0. The van der Waals surface area contributed by atoms with Gasteiger partial charge in [-0.25, -0.2) is 4.98 Å². The standard InChI is InChI=1S/C15H15N3O2/c16-15(19)11-6-2-8-13(18-11)20-12-7-1-4-10-5-3-9-17-14(10)12/h1-2,4,6-8,17H,3,5,9H2,(H2,16,19). The molecule has 3 rings (SSSR count). The summed E-state index contributed by atoms with van der Waals surface area (Å²) >= 11 is 0. The third kappa shape index (κ3) is 2.42. The van der Waals surface area contributed by atoms with E-state index in [1.165, 1.54) is 5.56 Å². The van der Waals surface area contributed by atoms with E-state index in [0.717, 1.165) is 30.8 Å². The maximum absolute atomic E-state index is 11.1. The molecule has 102 valence electrons. The molecule has 0 atom stereocenters. The Bertz CT molecular complexity index is 655. The Hall–Kier alpha value is -2.56. The number of hydrogen-bond donors (Lipinski definition) is 2. The number of nitrogens with zero attached hydrogens (tertiary/aromatic N) is 1. The molecule has 0 fully saturated rings. The van der Waals surface area contributed by atoms with E-state index in [1.807, 2.05) is 12.1 Å². The third-order valence-corrected chi connectivity index (χ3v) is 3.23. The Morgan fingerprint density at radius 1 is 1.25 bits per heavy atom. The number of carbonyl (C=O) groups is 1. The molecule has 1 aromatic carbocycles. The van der Waals surface area contributed by atoms with Crippen LogP contribution in [0, 0.1) is 0 Å². The van der Waals surface area contributed by atoms with Crippen molar-refractivity contribution in [1.82, 2.24) is 4.98 Å². The zero-order valence-electron chi connectivity index (χ0n) is 10.9. The second-order valence-electron chi connectivity index (χ2n) is 4.65. The summed E-state index contributed by atoms with van der Waals surface area (Å²) in [4.78, 5) is 15.2. The van der Waals surface area contributed by atoms with Gasteiger partial charge in [0, 0.05) is 12.6 Å². The SMILES string of the molecule is NC(=O)c1cccc(Oc2cccc3c2NCCC3)n1. The van der Waals surface area contributed by atoms with Crippen LogP contribution in [0.2, 0.25) is 0 Å².